The number of hydrogen-bond acceptors (Lipinski definition) is 4. The van der Waals surface area contributed by atoms with Crippen molar-refractivity contribution < 1.29 is 14.3 Å². The molecule has 0 rings (SSSR count). The molecule has 0 fully saturated rings. The molecule has 0 aliphatic rings. The number of amides is 2. The van der Waals surface area contributed by atoms with Gasteiger partial charge in [0, 0.05) is 26.1 Å². The maximum Gasteiger partial charge on any atom is 0.239 e. The van der Waals surface area contributed by atoms with Crippen LogP contribution in [0.2, 0.25) is 0 Å². The van der Waals surface area contributed by atoms with Crippen molar-refractivity contribution in [2.45, 2.75) is 13.8 Å². The number of carbonyl (C=O) groups is 2. The summed E-state index contributed by atoms with van der Waals surface area (Å²) in [5.41, 5.74) is 0. The van der Waals surface area contributed by atoms with E-state index in [0.29, 0.717) is 19.7 Å². The molecule has 0 spiro atoms. The summed E-state index contributed by atoms with van der Waals surface area (Å²) in [4.78, 5) is 22.8. The molecule has 0 aromatic heterocycles. The van der Waals surface area contributed by atoms with Gasteiger partial charge in [-0.2, -0.15) is 0 Å². The van der Waals surface area contributed by atoms with Crippen molar-refractivity contribution in [3.8, 4) is 0 Å². The van der Waals surface area contributed by atoms with Crippen molar-refractivity contribution in [1.82, 2.24) is 16.0 Å². The van der Waals surface area contributed by atoms with Gasteiger partial charge in [0.15, 0.2) is 0 Å². The molecule has 0 heterocycles. The Morgan fingerprint density at radius 3 is 2.59 bits per heavy atom. The number of methoxy groups -OCH3 is 1. The summed E-state index contributed by atoms with van der Waals surface area (Å²) in [6.45, 7) is 6.19. The predicted octanol–water partition coefficient (Wildman–Crippen LogP) is -0.889. The summed E-state index contributed by atoms with van der Waals surface area (Å²) in [5, 5.41) is 8.29. The maximum atomic E-state index is 11.5. The van der Waals surface area contributed by atoms with Crippen LogP contribution >= 0.6 is 0 Å². The molecular weight excluding hydrogens is 222 g/mol. The lowest BCUT2D eigenvalue weighted by atomic mass is 10.1. The molecule has 2 amide bonds. The van der Waals surface area contributed by atoms with E-state index < -0.39 is 0 Å². The van der Waals surface area contributed by atoms with Gasteiger partial charge in [0.25, 0.3) is 0 Å². The molecule has 1 unspecified atom stereocenters. The molecule has 0 aliphatic heterocycles. The van der Waals surface area contributed by atoms with Crippen LogP contribution in [-0.4, -0.2) is 51.7 Å². The average Bonchev–Trinajstić information content (AvgIpc) is 2.33. The lowest BCUT2D eigenvalue weighted by Gasteiger charge is -2.12. The fraction of sp³-hybridized carbons (Fsp3) is 0.818. The minimum atomic E-state index is -0.203. The van der Waals surface area contributed by atoms with Crippen LogP contribution in [0.15, 0.2) is 0 Å². The van der Waals surface area contributed by atoms with Crippen LogP contribution in [-0.2, 0) is 14.3 Å². The molecule has 0 aromatic carbocycles. The standard InChI is InChI=1S/C11H23N3O3/c1-4-12-7-9(2)11(16)14-8-10(15)13-5-6-17-3/h9,12H,4-8H2,1-3H3,(H,13,15)(H,14,16). The summed E-state index contributed by atoms with van der Waals surface area (Å²) in [7, 11) is 1.57. The van der Waals surface area contributed by atoms with E-state index in [4.69, 9.17) is 4.74 Å². The molecule has 6 nitrogen and oxygen atoms in total. The highest BCUT2D eigenvalue weighted by Gasteiger charge is 2.12. The summed E-state index contributed by atoms with van der Waals surface area (Å²) >= 11 is 0. The van der Waals surface area contributed by atoms with E-state index in [1.807, 2.05) is 13.8 Å². The molecule has 0 aliphatic carbocycles. The zero-order chi connectivity index (χ0) is 13.1. The summed E-state index contributed by atoms with van der Waals surface area (Å²) in [6, 6.07) is 0. The van der Waals surface area contributed by atoms with Gasteiger partial charge in [0.2, 0.25) is 11.8 Å². The smallest absolute Gasteiger partial charge is 0.239 e. The van der Waals surface area contributed by atoms with Gasteiger partial charge in [0.05, 0.1) is 13.2 Å². The van der Waals surface area contributed by atoms with Crippen molar-refractivity contribution in [2.24, 2.45) is 5.92 Å². The topological polar surface area (TPSA) is 79.5 Å². The average molecular weight is 245 g/mol. The molecule has 6 heteroatoms. The lowest BCUT2D eigenvalue weighted by Crippen LogP contribution is -2.41. The van der Waals surface area contributed by atoms with Crippen molar-refractivity contribution in [1.29, 1.82) is 0 Å². The maximum absolute atomic E-state index is 11.5. The number of carbonyl (C=O) groups excluding carboxylic acids is 2. The molecule has 3 N–H and O–H groups in total. The third kappa shape index (κ3) is 8.65. The van der Waals surface area contributed by atoms with Gasteiger partial charge in [-0.15, -0.1) is 0 Å². The highest BCUT2D eigenvalue weighted by molar-refractivity contribution is 5.85. The summed E-state index contributed by atoms with van der Waals surface area (Å²) < 4.78 is 4.79. The Morgan fingerprint density at radius 1 is 1.29 bits per heavy atom. The Morgan fingerprint density at radius 2 is 2.00 bits per heavy atom. The fourth-order valence-electron chi connectivity index (χ4n) is 1.15. The number of rotatable bonds is 9. The monoisotopic (exact) mass is 245 g/mol. The minimum absolute atomic E-state index is 0.0129. The van der Waals surface area contributed by atoms with Crippen molar-refractivity contribution in [3.63, 3.8) is 0 Å². The molecule has 0 saturated carbocycles. The van der Waals surface area contributed by atoms with Crippen LogP contribution in [0.1, 0.15) is 13.8 Å². The number of nitrogens with one attached hydrogen (secondary N) is 3. The third-order valence-electron chi connectivity index (χ3n) is 2.20. The highest BCUT2D eigenvalue weighted by atomic mass is 16.5. The Kier molecular flexibility index (Phi) is 9.37. The summed E-state index contributed by atoms with van der Waals surface area (Å²) in [6.07, 6.45) is 0. The van der Waals surface area contributed by atoms with E-state index in [2.05, 4.69) is 16.0 Å². The Labute approximate surface area is 102 Å². The Hall–Kier alpha value is -1.14. The lowest BCUT2D eigenvalue weighted by molar-refractivity contribution is -0.128. The SMILES string of the molecule is CCNCC(C)C(=O)NCC(=O)NCCOC. The molecule has 0 radical (unpaired) electrons. The van der Waals surface area contributed by atoms with Gasteiger partial charge < -0.3 is 20.7 Å². The van der Waals surface area contributed by atoms with Crippen molar-refractivity contribution in [2.75, 3.05) is 39.9 Å². The first kappa shape index (κ1) is 15.9. The Bertz CT molecular complexity index is 234. The minimum Gasteiger partial charge on any atom is -0.383 e. The normalized spacial score (nSPS) is 11.9. The summed E-state index contributed by atoms with van der Waals surface area (Å²) in [5.74, 6) is -0.458. The largest absolute Gasteiger partial charge is 0.383 e. The Balaban J connectivity index is 3.64. The van der Waals surface area contributed by atoms with Crippen molar-refractivity contribution in [3.05, 3.63) is 0 Å². The van der Waals surface area contributed by atoms with E-state index in [-0.39, 0.29) is 24.3 Å². The van der Waals surface area contributed by atoms with Crippen LogP contribution in [0.25, 0.3) is 0 Å². The molecule has 0 saturated heterocycles. The number of hydrogen-bond donors (Lipinski definition) is 3. The van der Waals surface area contributed by atoms with E-state index in [0.717, 1.165) is 6.54 Å². The van der Waals surface area contributed by atoms with Gasteiger partial charge in [-0.05, 0) is 6.54 Å². The molecule has 17 heavy (non-hydrogen) atoms. The fourth-order valence-corrected chi connectivity index (χ4v) is 1.15. The molecule has 0 aromatic rings. The quantitative estimate of drug-likeness (QED) is 0.460. The van der Waals surface area contributed by atoms with Gasteiger partial charge >= 0.3 is 0 Å². The van der Waals surface area contributed by atoms with Crippen LogP contribution in [0.3, 0.4) is 0 Å². The number of ether oxygens (including phenoxy) is 1. The molecular formula is C11H23N3O3. The van der Waals surface area contributed by atoms with Gasteiger partial charge in [0.1, 0.15) is 0 Å². The predicted molar refractivity (Wildman–Crippen MR) is 65.6 cm³/mol. The van der Waals surface area contributed by atoms with Crippen molar-refractivity contribution >= 4 is 11.8 Å². The van der Waals surface area contributed by atoms with E-state index in [1.165, 1.54) is 0 Å². The first-order chi connectivity index (χ1) is 8.11. The molecule has 1 atom stereocenters. The zero-order valence-electron chi connectivity index (χ0n) is 10.8. The zero-order valence-corrected chi connectivity index (χ0v) is 10.8. The molecule has 100 valence electrons. The second-order valence-electron chi connectivity index (χ2n) is 3.77. The second-order valence-corrected chi connectivity index (χ2v) is 3.77. The first-order valence-corrected chi connectivity index (χ1v) is 5.85. The second kappa shape index (κ2) is 10.0. The van der Waals surface area contributed by atoms with Gasteiger partial charge in [-0.3, -0.25) is 9.59 Å². The van der Waals surface area contributed by atoms with Crippen LogP contribution in [0, 0.1) is 5.92 Å². The molecule has 0 bridgehead atoms. The van der Waals surface area contributed by atoms with Gasteiger partial charge in [-0.25, -0.2) is 0 Å². The van der Waals surface area contributed by atoms with Crippen LogP contribution in [0.4, 0.5) is 0 Å². The third-order valence-corrected chi connectivity index (χ3v) is 2.20. The van der Waals surface area contributed by atoms with E-state index in [1.54, 1.807) is 7.11 Å². The van der Waals surface area contributed by atoms with E-state index in [9.17, 15) is 9.59 Å². The van der Waals surface area contributed by atoms with Crippen LogP contribution < -0.4 is 16.0 Å². The van der Waals surface area contributed by atoms with E-state index >= 15 is 0 Å². The first-order valence-electron chi connectivity index (χ1n) is 5.85. The van der Waals surface area contributed by atoms with Gasteiger partial charge in [-0.1, -0.05) is 13.8 Å². The van der Waals surface area contributed by atoms with Crippen LogP contribution in [0.5, 0.6) is 0 Å². The highest BCUT2D eigenvalue weighted by Crippen LogP contribution is 1.91.